The summed E-state index contributed by atoms with van der Waals surface area (Å²) < 4.78 is 65.0. The van der Waals surface area contributed by atoms with Crippen LogP contribution in [0.4, 0.5) is 23.2 Å². The first kappa shape index (κ1) is 26.7. The number of hydrogen-bond acceptors (Lipinski definition) is 6. The number of benzene rings is 3. The second-order valence-electron chi connectivity index (χ2n) is 10.1. The molecule has 6 rings (SSSR count). The smallest absolute Gasteiger partial charge is 0.231 e. The minimum atomic E-state index is -0.749. The highest BCUT2D eigenvalue weighted by molar-refractivity contribution is 5.86. The van der Waals surface area contributed by atoms with E-state index < -0.39 is 22.9 Å². The molecule has 2 aromatic heterocycles. The molecule has 0 N–H and O–H groups in total. The summed E-state index contributed by atoms with van der Waals surface area (Å²) in [4.78, 5) is 22.0. The molecule has 3 aromatic carbocycles. The SMILES string of the molecule is CN1CCN(c2cc3c(cc2F)c(=O)c(-c2noc(Cc4ccc(F)cc4)n2)cn3Cc2c(F)cccc2F)CC1. The molecule has 11 heteroatoms. The lowest BCUT2D eigenvalue weighted by Gasteiger charge is -2.34. The van der Waals surface area contributed by atoms with E-state index >= 15 is 4.39 Å². The van der Waals surface area contributed by atoms with Crippen molar-refractivity contribution in [2.24, 2.45) is 0 Å². The lowest BCUT2D eigenvalue weighted by molar-refractivity contribution is 0.312. The number of pyridine rings is 1. The predicted molar refractivity (Wildman–Crippen MR) is 146 cm³/mol. The van der Waals surface area contributed by atoms with Gasteiger partial charge in [0.1, 0.15) is 23.3 Å². The molecule has 210 valence electrons. The van der Waals surface area contributed by atoms with Gasteiger partial charge in [-0.1, -0.05) is 23.4 Å². The largest absolute Gasteiger partial charge is 0.367 e. The van der Waals surface area contributed by atoms with E-state index in [0.29, 0.717) is 29.9 Å². The maximum atomic E-state index is 15.5. The molecule has 0 unspecified atom stereocenters. The van der Waals surface area contributed by atoms with Crippen molar-refractivity contribution in [2.45, 2.75) is 13.0 Å². The fraction of sp³-hybridized carbons (Fsp3) is 0.233. The molecule has 0 saturated carbocycles. The van der Waals surface area contributed by atoms with Crippen LogP contribution in [0, 0.1) is 23.3 Å². The molecule has 41 heavy (non-hydrogen) atoms. The first-order chi connectivity index (χ1) is 19.8. The summed E-state index contributed by atoms with van der Waals surface area (Å²) in [6.45, 7) is 2.38. The number of anilines is 1. The summed E-state index contributed by atoms with van der Waals surface area (Å²) in [5, 5.41) is 3.96. The summed E-state index contributed by atoms with van der Waals surface area (Å²) in [5.74, 6) is -2.34. The maximum Gasteiger partial charge on any atom is 0.231 e. The molecule has 1 saturated heterocycles. The zero-order valence-corrected chi connectivity index (χ0v) is 22.1. The molecule has 0 amide bonds. The van der Waals surface area contributed by atoms with Crippen LogP contribution in [0.1, 0.15) is 17.0 Å². The highest BCUT2D eigenvalue weighted by Crippen LogP contribution is 2.29. The van der Waals surface area contributed by atoms with Crippen molar-refractivity contribution in [1.82, 2.24) is 19.6 Å². The quantitative estimate of drug-likeness (QED) is 0.271. The Labute approximate surface area is 232 Å². The van der Waals surface area contributed by atoms with Crippen molar-refractivity contribution < 1.29 is 22.1 Å². The number of halogens is 4. The van der Waals surface area contributed by atoms with E-state index in [4.69, 9.17) is 4.52 Å². The van der Waals surface area contributed by atoms with Crippen LogP contribution in [0.3, 0.4) is 0 Å². The molecule has 1 fully saturated rings. The van der Waals surface area contributed by atoms with E-state index in [2.05, 4.69) is 15.0 Å². The zero-order valence-electron chi connectivity index (χ0n) is 22.1. The third kappa shape index (κ3) is 5.32. The van der Waals surface area contributed by atoms with E-state index in [1.807, 2.05) is 11.9 Å². The van der Waals surface area contributed by atoms with Gasteiger partial charge in [0.15, 0.2) is 0 Å². The van der Waals surface area contributed by atoms with Crippen molar-refractivity contribution in [3.05, 3.63) is 111 Å². The van der Waals surface area contributed by atoms with E-state index in [9.17, 15) is 18.0 Å². The summed E-state index contributed by atoms with van der Waals surface area (Å²) in [6.07, 6.45) is 1.60. The van der Waals surface area contributed by atoms with Crippen molar-refractivity contribution in [2.75, 3.05) is 38.1 Å². The predicted octanol–water partition coefficient (Wildman–Crippen LogP) is 5.00. The van der Waals surface area contributed by atoms with Gasteiger partial charge < -0.3 is 18.9 Å². The van der Waals surface area contributed by atoms with Gasteiger partial charge in [0.2, 0.25) is 17.1 Å². The number of rotatable bonds is 6. The number of aromatic nitrogens is 3. The number of nitrogens with zero attached hydrogens (tertiary/aromatic N) is 5. The minimum absolute atomic E-state index is 0.0134. The fourth-order valence-corrected chi connectivity index (χ4v) is 5.05. The van der Waals surface area contributed by atoms with Crippen molar-refractivity contribution in [3.63, 3.8) is 0 Å². The molecule has 1 aliphatic heterocycles. The summed E-state index contributed by atoms with van der Waals surface area (Å²) in [7, 11) is 1.99. The molecular weight excluding hydrogens is 538 g/mol. The van der Waals surface area contributed by atoms with E-state index in [0.717, 1.165) is 31.3 Å². The number of hydrogen-bond donors (Lipinski definition) is 0. The molecule has 0 aliphatic carbocycles. The summed E-state index contributed by atoms with van der Waals surface area (Å²) >= 11 is 0. The lowest BCUT2D eigenvalue weighted by Crippen LogP contribution is -2.44. The molecule has 0 radical (unpaired) electrons. The maximum absolute atomic E-state index is 15.5. The Morgan fingerprint density at radius 1 is 0.902 bits per heavy atom. The van der Waals surface area contributed by atoms with Crippen LogP contribution in [0.15, 0.2) is 70.1 Å². The first-order valence-electron chi connectivity index (χ1n) is 13.1. The van der Waals surface area contributed by atoms with Crippen LogP contribution in [-0.2, 0) is 13.0 Å². The Morgan fingerprint density at radius 2 is 1.61 bits per heavy atom. The number of likely N-dealkylation sites (N-methyl/N-ethyl adjacent to an activating group) is 1. The first-order valence-corrected chi connectivity index (χ1v) is 13.1. The number of piperazine rings is 1. The highest BCUT2D eigenvalue weighted by Gasteiger charge is 2.23. The Kier molecular flexibility index (Phi) is 7.04. The van der Waals surface area contributed by atoms with Gasteiger partial charge >= 0.3 is 0 Å². The normalized spacial score (nSPS) is 14.2. The van der Waals surface area contributed by atoms with Crippen molar-refractivity contribution in [1.29, 1.82) is 0 Å². The van der Waals surface area contributed by atoms with Gasteiger partial charge in [-0.25, -0.2) is 17.6 Å². The minimum Gasteiger partial charge on any atom is -0.367 e. The van der Waals surface area contributed by atoms with Crippen LogP contribution in [0.25, 0.3) is 22.3 Å². The van der Waals surface area contributed by atoms with Gasteiger partial charge in [0.05, 0.1) is 29.7 Å². The number of fused-ring (bicyclic) bond motifs is 1. The van der Waals surface area contributed by atoms with Crippen LogP contribution in [0.2, 0.25) is 0 Å². The topological polar surface area (TPSA) is 67.4 Å². The van der Waals surface area contributed by atoms with Crippen LogP contribution < -0.4 is 10.3 Å². The Bertz CT molecular complexity index is 1770. The zero-order chi connectivity index (χ0) is 28.7. The van der Waals surface area contributed by atoms with Crippen molar-refractivity contribution in [3.8, 4) is 11.4 Å². The van der Waals surface area contributed by atoms with Crippen LogP contribution in [-0.4, -0.2) is 52.8 Å². The van der Waals surface area contributed by atoms with E-state index in [1.165, 1.54) is 29.0 Å². The average Bonchev–Trinajstić information content (AvgIpc) is 3.42. The van der Waals surface area contributed by atoms with Gasteiger partial charge in [-0.15, -0.1) is 0 Å². The standard InChI is InChI=1S/C30H25F4N5O2/c1-37-9-11-38(12-10-37)27-15-26-20(14-25(27)34)29(40)22(17-39(26)16-21-23(32)3-2-4-24(21)33)30-35-28(41-36-30)13-18-5-7-19(31)8-6-18/h2-8,14-15,17H,9-13,16H2,1H3. The lowest BCUT2D eigenvalue weighted by atomic mass is 10.1. The third-order valence-corrected chi connectivity index (χ3v) is 7.36. The Morgan fingerprint density at radius 3 is 2.32 bits per heavy atom. The van der Waals surface area contributed by atoms with Crippen LogP contribution >= 0.6 is 0 Å². The molecule has 5 aromatic rings. The second-order valence-corrected chi connectivity index (χ2v) is 10.1. The molecule has 0 bridgehead atoms. The molecule has 0 atom stereocenters. The molecule has 0 spiro atoms. The van der Waals surface area contributed by atoms with Gasteiger partial charge in [0.25, 0.3) is 0 Å². The molecule has 7 nitrogen and oxygen atoms in total. The van der Waals surface area contributed by atoms with Crippen molar-refractivity contribution >= 4 is 16.6 Å². The summed E-state index contributed by atoms with van der Waals surface area (Å²) in [6, 6.07) is 12.0. The molecule has 1 aliphatic rings. The molecule has 3 heterocycles. The van der Waals surface area contributed by atoms with Crippen LogP contribution in [0.5, 0.6) is 0 Å². The highest BCUT2D eigenvalue weighted by atomic mass is 19.1. The summed E-state index contributed by atoms with van der Waals surface area (Å²) in [5.41, 5.74) is 0.553. The van der Waals surface area contributed by atoms with E-state index in [1.54, 1.807) is 18.2 Å². The fourth-order valence-electron chi connectivity index (χ4n) is 5.05. The monoisotopic (exact) mass is 563 g/mol. The van der Waals surface area contributed by atoms with Gasteiger partial charge in [-0.2, -0.15) is 4.98 Å². The third-order valence-electron chi connectivity index (χ3n) is 7.36. The van der Waals surface area contributed by atoms with E-state index in [-0.39, 0.29) is 47.0 Å². The Hall–Kier alpha value is -4.51. The molecular formula is C30H25F4N5O2. The van der Waals surface area contributed by atoms with Gasteiger partial charge in [0, 0.05) is 43.3 Å². The van der Waals surface area contributed by atoms with Gasteiger partial charge in [-0.3, -0.25) is 4.79 Å². The second kappa shape index (κ2) is 10.8. The average molecular weight is 564 g/mol. The van der Waals surface area contributed by atoms with Gasteiger partial charge in [-0.05, 0) is 49.0 Å². The Balaban J connectivity index is 1.47.